The molecule has 288 valence electrons. The molecule has 0 fully saturated rings. The zero-order chi connectivity index (χ0) is 36.4. The highest BCUT2D eigenvalue weighted by Gasteiger charge is 2.24. The summed E-state index contributed by atoms with van der Waals surface area (Å²) < 4.78 is 11.5. The van der Waals surface area contributed by atoms with Crippen LogP contribution in [-0.2, 0) is 23.9 Å². The Hall–Kier alpha value is -1.74. The predicted octanol–water partition coefficient (Wildman–Crippen LogP) is 9.50. The van der Waals surface area contributed by atoms with Crippen LogP contribution < -0.4 is 5.73 Å². The fourth-order valence-corrected chi connectivity index (χ4v) is 6.80. The molecule has 2 unspecified atom stereocenters. The Bertz CT molecular complexity index is 799. The molecule has 1 rings (SSSR count). The second-order valence-electron chi connectivity index (χ2n) is 13.8. The van der Waals surface area contributed by atoms with E-state index in [1.54, 1.807) is 0 Å². The van der Waals surface area contributed by atoms with Gasteiger partial charge in [-0.15, -0.1) is 0 Å². The Balaban J connectivity index is 0.00000195. The molecular weight excluding hydrogens is 635 g/mol. The van der Waals surface area contributed by atoms with Gasteiger partial charge in [-0.25, -0.2) is 0 Å². The molecule has 0 radical (unpaired) electrons. The summed E-state index contributed by atoms with van der Waals surface area (Å²) in [5.74, 6) is 0.657. The zero-order valence-corrected chi connectivity index (χ0v) is 33.3. The first kappa shape index (κ1) is 47.3. The number of rotatable bonds is 32. The van der Waals surface area contributed by atoms with Crippen LogP contribution in [0, 0.1) is 11.8 Å². The Kier molecular flexibility index (Phi) is 33.5. The molecule has 8 nitrogen and oxygen atoms in total. The van der Waals surface area contributed by atoms with Crippen molar-refractivity contribution in [1.29, 1.82) is 0 Å². The van der Waals surface area contributed by atoms with Gasteiger partial charge < -0.3 is 29.8 Å². The Morgan fingerprint density at radius 1 is 0.837 bits per heavy atom. The first-order valence-electron chi connectivity index (χ1n) is 20.0. The van der Waals surface area contributed by atoms with Gasteiger partial charge in [0.15, 0.2) is 0 Å². The third-order valence-electron chi connectivity index (χ3n) is 9.14. The number of carbonyl (C=O) groups excluding carboxylic acids is 3. The number of esters is 2. The van der Waals surface area contributed by atoms with Crippen LogP contribution in [0.1, 0.15) is 163 Å². The van der Waals surface area contributed by atoms with E-state index in [1.165, 1.54) is 82.4 Å². The van der Waals surface area contributed by atoms with Gasteiger partial charge in [0.25, 0.3) is 0 Å². The minimum absolute atomic E-state index is 0.0526. The summed E-state index contributed by atoms with van der Waals surface area (Å²) in [6, 6.07) is 0. The van der Waals surface area contributed by atoms with Gasteiger partial charge in [-0.05, 0) is 51.0 Å². The molecule has 1 aliphatic rings. The van der Waals surface area contributed by atoms with E-state index in [4.69, 9.17) is 15.2 Å². The summed E-state index contributed by atoms with van der Waals surface area (Å²) in [7, 11) is 2.07. The van der Waals surface area contributed by atoms with E-state index in [9.17, 15) is 14.4 Å². The minimum Gasteiger partial charge on any atom is -0.465 e. The number of aldehydes is 1. The highest BCUT2D eigenvalue weighted by Crippen LogP contribution is 2.21. The fraction of sp³-hybridized carbons (Fsp3) is 0.875. The molecule has 2 N–H and O–H groups in total. The maximum absolute atomic E-state index is 13.0. The average Bonchev–Trinajstić information content (AvgIpc) is 3.52. The van der Waals surface area contributed by atoms with Crippen molar-refractivity contribution in [3.8, 4) is 0 Å². The minimum atomic E-state index is -0.446. The van der Waals surface area contributed by atoms with E-state index in [0.717, 1.165) is 77.4 Å². The lowest BCUT2D eigenvalue weighted by Gasteiger charge is -2.21. The number of nitrogens with two attached hydrogens (primary N) is 1. The van der Waals surface area contributed by atoms with Crippen molar-refractivity contribution in [2.45, 2.75) is 169 Å². The molecule has 0 aromatic rings. The highest BCUT2D eigenvalue weighted by molar-refractivity contribution is 7.99. The number of unbranched alkanes of at least 4 members (excludes halogenated alkanes) is 11. The lowest BCUT2D eigenvalue weighted by molar-refractivity contribution is -0.154. The van der Waals surface area contributed by atoms with Gasteiger partial charge in [0.05, 0.1) is 25.6 Å². The summed E-state index contributed by atoms with van der Waals surface area (Å²) in [6.45, 7) is 12.2. The summed E-state index contributed by atoms with van der Waals surface area (Å²) in [5, 5.41) is 0. The van der Waals surface area contributed by atoms with Crippen LogP contribution in [0.15, 0.2) is 12.4 Å². The van der Waals surface area contributed by atoms with Crippen molar-refractivity contribution in [2.24, 2.45) is 17.6 Å². The topological polar surface area (TPSA) is 102 Å². The summed E-state index contributed by atoms with van der Waals surface area (Å²) in [5.41, 5.74) is 5.38. The van der Waals surface area contributed by atoms with Crippen molar-refractivity contribution in [3.63, 3.8) is 0 Å². The normalized spacial score (nSPS) is 13.7. The fourth-order valence-electron chi connectivity index (χ4n) is 5.77. The van der Waals surface area contributed by atoms with Gasteiger partial charge in [0.1, 0.15) is 12.4 Å². The molecule has 0 spiro atoms. The van der Waals surface area contributed by atoms with Crippen LogP contribution >= 0.6 is 11.8 Å². The molecule has 0 saturated heterocycles. The first-order chi connectivity index (χ1) is 23.8. The molecule has 0 bridgehead atoms. The van der Waals surface area contributed by atoms with E-state index < -0.39 is 5.92 Å². The Morgan fingerprint density at radius 3 is 1.98 bits per heavy atom. The first-order valence-corrected chi connectivity index (χ1v) is 21.2. The third-order valence-corrected chi connectivity index (χ3v) is 10.3. The number of ether oxygens (including phenoxy) is 2. The van der Waals surface area contributed by atoms with Crippen molar-refractivity contribution < 1.29 is 23.9 Å². The Morgan fingerprint density at radius 2 is 1.45 bits per heavy atom. The molecule has 0 aromatic heterocycles. The standard InChI is InChI=1S/C33H62O5S.C7H15N3/c1-5-9-12-14-16-18-21-31(22-19-17-15-13-10-6-2)38-33(36)30(23-25-34)28-39-26-24-32(35)37-27-29(8-4)20-11-7-3;1-9-5-6-10(7-9)4-2-3-8/h25,29-31H,5-24,26-28H2,1-4H3;5-6H,2-4,7-8H2,1H3. The van der Waals surface area contributed by atoms with Crippen LogP contribution in [0.4, 0.5) is 0 Å². The van der Waals surface area contributed by atoms with E-state index in [2.05, 4.69) is 56.9 Å². The van der Waals surface area contributed by atoms with Gasteiger partial charge in [-0.3, -0.25) is 9.59 Å². The van der Waals surface area contributed by atoms with E-state index in [0.29, 0.717) is 30.5 Å². The summed E-state index contributed by atoms with van der Waals surface area (Å²) in [4.78, 5) is 40.9. The summed E-state index contributed by atoms with van der Waals surface area (Å²) >= 11 is 1.54. The molecule has 0 aliphatic carbocycles. The molecule has 1 aliphatic heterocycles. The number of nitrogens with zero attached hydrogens (tertiary/aromatic N) is 2. The van der Waals surface area contributed by atoms with Crippen molar-refractivity contribution in [3.05, 3.63) is 12.4 Å². The van der Waals surface area contributed by atoms with Crippen molar-refractivity contribution in [1.82, 2.24) is 9.80 Å². The van der Waals surface area contributed by atoms with Gasteiger partial charge in [0.2, 0.25) is 0 Å². The van der Waals surface area contributed by atoms with Crippen molar-refractivity contribution >= 4 is 30.0 Å². The number of thioether (sulfide) groups is 1. The second kappa shape index (κ2) is 34.7. The highest BCUT2D eigenvalue weighted by atomic mass is 32.2. The smallest absolute Gasteiger partial charge is 0.310 e. The number of hydrogen-bond acceptors (Lipinski definition) is 9. The molecular formula is C40H77N3O5S. The SMILES string of the molecule is CCCCCCCCC(CCCCCCCC)OC(=O)C(CC=O)CSCCC(=O)OCC(CC)CCCC.CN1C=CN(CCCN)C1. The second-order valence-corrected chi connectivity index (χ2v) is 15.0. The van der Waals surface area contributed by atoms with Crippen LogP contribution in [0.5, 0.6) is 0 Å². The largest absolute Gasteiger partial charge is 0.465 e. The Labute approximate surface area is 306 Å². The molecule has 0 aromatic carbocycles. The number of hydrogen-bond donors (Lipinski definition) is 1. The van der Waals surface area contributed by atoms with Gasteiger partial charge in [-0.1, -0.05) is 111 Å². The van der Waals surface area contributed by atoms with Crippen LogP contribution in [0.25, 0.3) is 0 Å². The van der Waals surface area contributed by atoms with E-state index >= 15 is 0 Å². The quantitative estimate of drug-likeness (QED) is 0.0415. The van der Waals surface area contributed by atoms with Gasteiger partial charge >= 0.3 is 11.9 Å². The van der Waals surface area contributed by atoms with Gasteiger partial charge in [0, 0.05) is 43.9 Å². The molecule has 2 atom stereocenters. The monoisotopic (exact) mass is 712 g/mol. The molecule has 0 saturated carbocycles. The lowest BCUT2D eigenvalue weighted by Crippen LogP contribution is -2.26. The van der Waals surface area contributed by atoms with Crippen LogP contribution in [0.3, 0.4) is 0 Å². The molecule has 9 heteroatoms. The molecule has 49 heavy (non-hydrogen) atoms. The van der Waals surface area contributed by atoms with E-state index in [-0.39, 0.29) is 24.5 Å². The predicted molar refractivity (Wildman–Crippen MR) is 208 cm³/mol. The van der Waals surface area contributed by atoms with Crippen LogP contribution in [0.2, 0.25) is 0 Å². The van der Waals surface area contributed by atoms with E-state index in [1.807, 2.05) is 0 Å². The maximum atomic E-state index is 13.0. The zero-order valence-electron chi connectivity index (χ0n) is 32.5. The molecule has 1 heterocycles. The van der Waals surface area contributed by atoms with Crippen LogP contribution in [-0.4, -0.2) is 79.0 Å². The maximum Gasteiger partial charge on any atom is 0.310 e. The lowest BCUT2D eigenvalue weighted by atomic mass is 10.0. The van der Waals surface area contributed by atoms with Crippen molar-refractivity contribution in [2.75, 3.05) is 44.9 Å². The third kappa shape index (κ3) is 28.6. The average molecular weight is 712 g/mol. The molecule has 0 amide bonds. The number of carbonyl (C=O) groups is 3. The van der Waals surface area contributed by atoms with Gasteiger partial charge in [-0.2, -0.15) is 11.8 Å². The summed E-state index contributed by atoms with van der Waals surface area (Å²) in [6.07, 6.45) is 27.5.